The number of imidazole rings is 3. The summed E-state index contributed by atoms with van der Waals surface area (Å²) in [6, 6.07) is 0. The highest BCUT2D eigenvalue weighted by Crippen LogP contribution is 2.58. The van der Waals surface area contributed by atoms with E-state index in [1.807, 2.05) is 0 Å². The molecule has 2 amide bonds. The number of phosphoric ester groups is 2. The van der Waals surface area contributed by atoms with Gasteiger partial charge in [0.15, 0.2) is 65.5 Å². The fourth-order valence-corrected chi connectivity index (χ4v) is 23.4. The molecule has 0 aliphatic carbocycles. The van der Waals surface area contributed by atoms with E-state index in [0.29, 0.717) is 0 Å². The van der Waals surface area contributed by atoms with Crippen LogP contribution in [-0.2, 0) is 170 Å². The van der Waals surface area contributed by atoms with Crippen molar-refractivity contribution in [3.63, 3.8) is 0 Å². The predicted molar refractivity (Wildman–Crippen MR) is 513 cm³/mol. The van der Waals surface area contributed by atoms with Gasteiger partial charge in [0.05, 0.1) is 130 Å². The Bertz CT molecular complexity index is 6530. The van der Waals surface area contributed by atoms with Crippen molar-refractivity contribution in [2.45, 2.75) is 188 Å². The Balaban J connectivity index is 0.723. The number of carbonyl (C=O) groups is 2. The number of methoxy groups -OCH3 is 5. The minimum atomic E-state index is -5.98. The first-order valence-electron chi connectivity index (χ1n) is 45.3. The third-order valence-corrected chi connectivity index (χ3v) is 30.8. The molecule has 6 fully saturated rings. The van der Waals surface area contributed by atoms with E-state index in [2.05, 4.69) is 67.4 Å². The largest absolute Gasteiger partial charge is 0.472 e. The first kappa shape index (κ1) is 114. The maximum absolute atomic E-state index is 15.5. The lowest BCUT2D eigenvalue weighted by molar-refractivity contribution is -0.121. The summed E-state index contributed by atoms with van der Waals surface area (Å²) in [5.74, 6) is -1.76. The van der Waals surface area contributed by atoms with Gasteiger partial charge < -0.3 is 162 Å². The number of aromatic amines is 3. The van der Waals surface area contributed by atoms with E-state index in [1.54, 1.807) is 6.92 Å². The second-order valence-corrected chi connectivity index (χ2v) is 45.3. The van der Waals surface area contributed by atoms with Gasteiger partial charge in [-0.15, -0.1) is 0 Å². The van der Waals surface area contributed by atoms with Crippen molar-refractivity contribution < 1.29 is 169 Å². The topological polar surface area (TPSA) is 808 Å². The summed E-state index contributed by atoms with van der Waals surface area (Å²) in [6.45, 7) is -11.7. The molecule has 8 aliphatic rings. The maximum atomic E-state index is 15.5. The zero-order chi connectivity index (χ0) is 107. The fourth-order valence-electron chi connectivity index (χ4n) is 17.1. The summed E-state index contributed by atoms with van der Waals surface area (Å²) in [5.41, 5.74) is 18.9. The Hall–Kier alpha value is -8.02. The van der Waals surface area contributed by atoms with Crippen molar-refractivity contribution in [2.75, 3.05) is 157 Å². The van der Waals surface area contributed by atoms with Gasteiger partial charge in [0, 0.05) is 77.3 Å². The number of nitrogens with one attached hydrogen (secondary N) is 6. The molecule has 148 heavy (non-hydrogen) atoms. The highest BCUT2D eigenvalue weighted by Gasteiger charge is 2.59. The van der Waals surface area contributed by atoms with E-state index in [-0.39, 0.29) is 134 Å². The number of hydrogen-bond donors (Lipinski definition) is 16. The van der Waals surface area contributed by atoms with Crippen molar-refractivity contribution in [3.05, 3.63) is 124 Å². The number of fused-ring (bicyclic) bond motifs is 3. The number of aliphatic hydroxyl groups is 1. The monoisotopic (exact) mass is 2250 g/mol. The van der Waals surface area contributed by atoms with Crippen LogP contribution in [0.2, 0.25) is 0 Å². The average molecular weight is 2250 g/mol. The second-order valence-electron chi connectivity index (χ2n) is 34.1. The minimum Gasteiger partial charge on any atom is -0.387 e. The quantitative estimate of drug-likeness (QED) is 0.0133. The van der Waals surface area contributed by atoms with E-state index in [9.17, 15) is 63.1 Å². The molecule has 71 heteroatoms. The molecular formula is C77H113N22O41P5S3. The van der Waals surface area contributed by atoms with Crippen LogP contribution in [0.1, 0.15) is 79.4 Å². The van der Waals surface area contributed by atoms with Crippen molar-refractivity contribution in [3.8, 4) is 0 Å². The summed E-state index contributed by atoms with van der Waals surface area (Å²) < 4.78 is 194. The van der Waals surface area contributed by atoms with Gasteiger partial charge in [0.1, 0.15) is 115 Å². The predicted octanol–water partition coefficient (Wildman–Crippen LogP) is -3.08. The standard InChI is InChI=1S/C77H113N22O41P5S3/c1-11-38-39(22-45(130-38)97-31-82-46-60(97)87-73(79)90-65(46)103)136-143(112,146)128-29-43-51(56(122-19-14-117-8)71(135-43)98-32-83-47-61(98)88-74(80)91-66(47)104)138-141(108,109)125-27-41-50(55(121-18-13-116-7)69(132-41)96-25-36(4)64(102)93-77(96)107)137-142(110,111)126-28-42-52(58(124-21-16-119-10)72(134-42)99-33-84-48-62(99)89-75(81)92-67(48)105)139-145(114,148)129-30-44-53(57(123-20-15-118-9)70(133-44)95-23-34(2)59(78)86-76(95)106)140-144(113,147)127-26-40-49(100)54(120-17-12-115-6)68(131-40)94-24-35(3)63(101)85-37(94)5/h23-25,31-33,38-45,49-58,68-73,87,100H,5,11-22,26-30,79H2,1-4,6-10H3,(H,85,101)(H,90,103)(H,108,109)(H,110,111)(H,112,146)(H,113,147)(H,114,148)(H2,78,86,106)(H,93,102,107)(H3,80,88,91,104)(H3,81,89,92,105)/t38-,39-,40-,41-,42-,43-,44-,45-,49+,50+,51+,52+,53+,54?,55?,56?,57?,58?,68-,69-,70-,71-,72-,73?,143?,144?,145?/m1/s1. The fraction of sp³-hybridized carbons (Fsp3) is 0.649. The van der Waals surface area contributed by atoms with Gasteiger partial charge in [0.25, 0.3) is 28.5 Å². The SMILES string of the molecule is C=C1NC(=O)C(C)=CN1[C@@H]1O[C@H](COP(O)(=S)O[C@@H]2C(OCCOC)[C@H](n3cc(C)c(N)nc3=O)O[C@@H]2COP(O)(=S)O[C@@H]2C(OCCOC)[C@H](n3cnc4c(=O)[nH]c(N)nc43)O[C@@H]2COP(=O)(O)O[C@@H]2C(OCCOC)[C@H](n3cc(C)c(=O)[nH]c3=O)O[C@@H]2COP(=O)(O)O[C@@H]2C(OCCOC)[C@H](n3cnc4c(=O)[nH]c(N)nc43)O[C@@H]2COP(O)(=S)O[C@@H]2C[C@H](n3cnc4c3NC(N)NC4=O)O[C@@H]2CC)[C@H](O)C1OCCOC. The number of aryl methyl sites for hydroxylation is 2. The number of rotatable bonds is 52. The maximum Gasteiger partial charge on any atom is 0.472 e. The molecule has 29 atom stereocenters. The first-order valence-corrected chi connectivity index (χ1v) is 56.0. The van der Waals surface area contributed by atoms with Crippen molar-refractivity contribution in [1.29, 1.82) is 0 Å². The van der Waals surface area contributed by atoms with Crippen LogP contribution in [0.15, 0.2) is 79.5 Å². The van der Waals surface area contributed by atoms with E-state index < -0.39 is 275 Å². The number of H-pyrrole nitrogens is 3. The van der Waals surface area contributed by atoms with Crippen LogP contribution in [0.4, 0.5) is 23.5 Å². The van der Waals surface area contributed by atoms with Crippen LogP contribution in [0.3, 0.4) is 0 Å². The number of ether oxygens (including phenoxy) is 16. The Morgan fingerprint density at radius 2 is 0.878 bits per heavy atom. The third kappa shape index (κ3) is 26.4. The zero-order valence-corrected chi connectivity index (χ0v) is 87.1. The number of nitrogens with zero attached hydrogens (tertiary/aromatic N) is 12. The lowest BCUT2D eigenvalue weighted by Gasteiger charge is -2.35. The second kappa shape index (κ2) is 48.7. The van der Waals surface area contributed by atoms with Crippen LogP contribution in [0.5, 0.6) is 0 Å². The minimum absolute atomic E-state index is 0.0147. The molecule has 0 saturated carbocycles. The van der Waals surface area contributed by atoms with Crippen LogP contribution in [0.25, 0.3) is 22.3 Å². The van der Waals surface area contributed by atoms with Crippen molar-refractivity contribution in [2.24, 2.45) is 5.73 Å². The summed E-state index contributed by atoms with van der Waals surface area (Å²) >= 11 is 17.2. The summed E-state index contributed by atoms with van der Waals surface area (Å²) in [7, 11) is -5.16. The Labute approximate surface area is 852 Å². The molecule has 820 valence electrons. The van der Waals surface area contributed by atoms with Gasteiger partial charge in [0.2, 0.25) is 11.9 Å². The van der Waals surface area contributed by atoms with Crippen molar-refractivity contribution >= 4 is 129 Å². The van der Waals surface area contributed by atoms with Gasteiger partial charge in [-0.25, -0.2) is 33.7 Å². The van der Waals surface area contributed by atoms with Gasteiger partial charge >= 0.3 is 47.2 Å². The van der Waals surface area contributed by atoms with E-state index in [1.165, 1.54) is 89.1 Å². The van der Waals surface area contributed by atoms with E-state index in [0.717, 1.165) is 32.6 Å². The molecule has 63 nitrogen and oxygen atoms in total. The number of aromatic nitrogens is 14. The summed E-state index contributed by atoms with van der Waals surface area (Å²) in [5, 5.41) is 19.9. The number of phosphoric acid groups is 2. The molecule has 6 saturated heterocycles. The lowest BCUT2D eigenvalue weighted by Crippen LogP contribution is -2.51. The Kier molecular flexibility index (Phi) is 37.6. The van der Waals surface area contributed by atoms with E-state index in [4.69, 9.17) is 179 Å². The molecule has 20 N–H and O–H groups in total. The summed E-state index contributed by atoms with van der Waals surface area (Å²) in [4.78, 5) is 189. The third-order valence-electron chi connectivity index (χ3n) is 24.1. The Morgan fingerprint density at radius 3 is 1.34 bits per heavy atom. The molecule has 0 aromatic carbocycles. The molecule has 15 rings (SSSR count). The number of amides is 2. The molecule has 0 bridgehead atoms. The van der Waals surface area contributed by atoms with Gasteiger partial charge in [-0.2, -0.15) is 15.0 Å². The van der Waals surface area contributed by atoms with Gasteiger partial charge in [-0.1, -0.05) is 13.5 Å². The number of carbonyl (C=O) groups excluding carboxylic acids is 2. The number of nitrogens with two attached hydrogens (primary N) is 4. The smallest absolute Gasteiger partial charge is 0.387 e. The molecule has 0 radical (unpaired) electrons. The zero-order valence-electron chi connectivity index (χ0n) is 80.2. The Morgan fingerprint density at radius 1 is 0.466 bits per heavy atom. The number of hydrogen-bond acceptors (Lipinski definition) is 51. The van der Waals surface area contributed by atoms with Crippen molar-refractivity contribution in [1.82, 2.24) is 83.2 Å². The highest BCUT2D eigenvalue weighted by atomic mass is 32.5. The van der Waals surface area contributed by atoms with Gasteiger partial charge in [-0.3, -0.25) is 94.6 Å². The molecule has 8 aliphatic heterocycles. The summed E-state index contributed by atoms with van der Waals surface area (Å²) in [6.07, 6.45) is -30.4. The van der Waals surface area contributed by atoms with Crippen LogP contribution in [-0.4, -0.2) is 365 Å². The highest BCUT2D eigenvalue weighted by molar-refractivity contribution is 8.07. The normalized spacial score (nSPS) is 30.3. The number of anilines is 4. The molecule has 7 aromatic rings. The van der Waals surface area contributed by atoms with E-state index >= 15 is 9.13 Å². The molecule has 15 heterocycles. The first-order chi connectivity index (χ1) is 70.3. The average Bonchev–Trinajstić information content (AvgIpc) is 1.60. The van der Waals surface area contributed by atoms with Crippen LogP contribution in [0, 0.1) is 13.8 Å². The molecule has 7 aromatic heterocycles. The van der Waals surface area contributed by atoms with Crippen LogP contribution >= 0.6 is 35.8 Å². The van der Waals surface area contributed by atoms with Crippen LogP contribution < -0.4 is 66.9 Å². The molecular weight excluding hydrogens is 2140 g/mol. The lowest BCUT2D eigenvalue weighted by atomic mass is 10.1. The molecule has 0 spiro atoms. The number of nitrogen functional groups attached to an aromatic ring is 3. The van der Waals surface area contributed by atoms with Gasteiger partial charge in [-0.05, 0) is 62.6 Å². The molecule has 11 unspecified atom stereocenters. The number of aliphatic hydroxyl groups excluding tert-OH is 1.